The van der Waals surface area contributed by atoms with Crippen molar-refractivity contribution < 1.29 is 19.7 Å². The van der Waals surface area contributed by atoms with Gasteiger partial charge in [0.15, 0.2) is 0 Å². The van der Waals surface area contributed by atoms with Crippen LogP contribution in [0.5, 0.6) is 0 Å². The molecule has 0 atom stereocenters. The molecule has 0 rings (SSSR count). The lowest BCUT2D eigenvalue weighted by Crippen LogP contribution is -2.12. The number of carbonyl (C=O) groups is 1. The molecule has 0 bridgehead atoms. The summed E-state index contributed by atoms with van der Waals surface area (Å²) in [5, 5.41) is 11.3. The molecule has 0 aliphatic carbocycles. The lowest BCUT2D eigenvalue weighted by Gasteiger charge is -2.02. The molecule has 14 heavy (non-hydrogen) atoms. The lowest BCUT2D eigenvalue weighted by molar-refractivity contribution is -0.255. The summed E-state index contributed by atoms with van der Waals surface area (Å²) in [5.74, 6) is -2.78. The molecule has 0 aromatic heterocycles. The first-order valence-electron chi connectivity index (χ1n) is 3.64. The summed E-state index contributed by atoms with van der Waals surface area (Å²) >= 11 is 0. The number of rotatable bonds is 5. The zero-order chi connectivity index (χ0) is 11.0. The van der Waals surface area contributed by atoms with Crippen molar-refractivity contribution in [3.63, 3.8) is 0 Å². The minimum Gasteiger partial charge on any atom is -0.499 e. The molecule has 4 N–H and O–H groups in total. The standard InChI is InChI=1S/C7H11N3O4/c1-2-3-4-13-14-6(8)5(11)7(12)10-9/h2-3,9,11H,4,8H2,1H3/b3-2+,6-5+,10-9?. The normalized spacial score (nSPS) is 12.4. The van der Waals surface area contributed by atoms with Crippen LogP contribution in [0, 0.1) is 5.53 Å². The van der Waals surface area contributed by atoms with E-state index >= 15 is 0 Å². The number of hydrogen-bond donors (Lipinski definition) is 3. The van der Waals surface area contributed by atoms with Crippen molar-refractivity contribution >= 4 is 5.91 Å². The van der Waals surface area contributed by atoms with Gasteiger partial charge in [0.2, 0.25) is 5.76 Å². The summed E-state index contributed by atoms with van der Waals surface area (Å²) in [4.78, 5) is 19.3. The second kappa shape index (κ2) is 6.61. The van der Waals surface area contributed by atoms with Crippen LogP contribution in [0.1, 0.15) is 6.92 Å². The number of nitrogens with one attached hydrogen (secondary N) is 1. The van der Waals surface area contributed by atoms with Crippen molar-refractivity contribution in [1.29, 1.82) is 5.53 Å². The maximum atomic E-state index is 10.6. The second-order valence-corrected chi connectivity index (χ2v) is 2.07. The number of carbonyl (C=O) groups excluding carboxylic acids is 1. The molecule has 0 aromatic rings. The van der Waals surface area contributed by atoms with Gasteiger partial charge in [-0.25, -0.2) is 5.53 Å². The van der Waals surface area contributed by atoms with Crippen LogP contribution in [-0.2, 0) is 14.6 Å². The quantitative estimate of drug-likeness (QED) is 0.115. The van der Waals surface area contributed by atoms with E-state index in [9.17, 15) is 4.79 Å². The minimum absolute atomic E-state index is 0.122. The topological polar surface area (TPSA) is 118 Å². The molecular weight excluding hydrogens is 190 g/mol. The third-order valence-electron chi connectivity index (χ3n) is 1.09. The number of nitrogens with two attached hydrogens (primary N) is 1. The van der Waals surface area contributed by atoms with E-state index in [1.54, 1.807) is 19.1 Å². The van der Waals surface area contributed by atoms with E-state index in [1.807, 2.05) is 0 Å². The summed E-state index contributed by atoms with van der Waals surface area (Å²) in [5.41, 5.74) is 11.4. The van der Waals surface area contributed by atoms with E-state index in [-0.39, 0.29) is 6.61 Å². The van der Waals surface area contributed by atoms with Crippen molar-refractivity contribution in [3.05, 3.63) is 23.8 Å². The average Bonchev–Trinajstić information content (AvgIpc) is 2.21. The van der Waals surface area contributed by atoms with E-state index in [2.05, 4.69) is 14.9 Å². The zero-order valence-electron chi connectivity index (χ0n) is 7.56. The van der Waals surface area contributed by atoms with Gasteiger partial charge in [-0.05, 0) is 6.92 Å². The fourth-order valence-electron chi connectivity index (χ4n) is 0.431. The summed E-state index contributed by atoms with van der Waals surface area (Å²) in [7, 11) is 0. The number of hydrogen-bond acceptors (Lipinski definition) is 6. The highest BCUT2D eigenvalue weighted by Gasteiger charge is 2.12. The van der Waals surface area contributed by atoms with E-state index < -0.39 is 17.5 Å². The molecule has 0 aliphatic heterocycles. The molecule has 1 amide bonds. The Morgan fingerprint density at radius 3 is 2.86 bits per heavy atom. The van der Waals surface area contributed by atoms with Gasteiger partial charge in [-0.3, -0.25) is 4.79 Å². The Morgan fingerprint density at radius 1 is 1.71 bits per heavy atom. The van der Waals surface area contributed by atoms with Gasteiger partial charge in [0.05, 0.1) is 0 Å². The van der Waals surface area contributed by atoms with E-state index in [0.29, 0.717) is 0 Å². The van der Waals surface area contributed by atoms with E-state index in [0.717, 1.165) is 0 Å². The Labute approximate surface area is 80.2 Å². The van der Waals surface area contributed by atoms with Gasteiger partial charge in [-0.2, -0.15) is 4.89 Å². The smallest absolute Gasteiger partial charge is 0.335 e. The Hall–Kier alpha value is -1.89. The fourth-order valence-corrected chi connectivity index (χ4v) is 0.431. The van der Waals surface area contributed by atoms with Crippen LogP contribution in [-0.4, -0.2) is 17.6 Å². The van der Waals surface area contributed by atoms with Crippen molar-refractivity contribution in [2.45, 2.75) is 6.92 Å². The molecule has 0 heterocycles. The zero-order valence-corrected chi connectivity index (χ0v) is 7.56. The summed E-state index contributed by atoms with van der Waals surface area (Å²) in [6.45, 7) is 1.90. The number of allylic oxidation sites excluding steroid dienone is 1. The van der Waals surface area contributed by atoms with Gasteiger partial charge in [0.25, 0.3) is 5.88 Å². The molecule has 0 aliphatic rings. The largest absolute Gasteiger partial charge is 0.499 e. The molecule has 7 heteroatoms. The maximum absolute atomic E-state index is 10.6. The summed E-state index contributed by atoms with van der Waals surface area (Å²) < 4.78 is 0. The maximum Gasteiger partial charge on any atom is 0.335 e. The van der Waals surface area contributed by atoms with Gasteiger partial charge in [-0.15, -0.1) is 5.11 Å². The van der Waals surface area contributed by atoms with Crippen LogP contribution in [0.15, 0.2) is 28.9 Å². The Kier molecular flexibility index (Phi) is 5.72. The van der Waals surface area contributed by atoms with Crippen molar-refractivity contribution in [2.75, 3.05) is 6.61 Å². The third-order valence-corrected chi connectivity index (χ3v) is 1.09. The Bertz CT molecular complexity index is 272. The Morgan fingerprint density at radius 2 is 2.36 bits per heavy atom. The molecule has 0 spiro atoms. The molecule has 0 fully saturated rings. The molecule has 0 saturated heterocycles. The van der Waals surface area contributed by atoms with Crippen LogP contribution < -0.4 is 5.73 Å². The van der Waals surface area contributed by atoms with Crippen LogP contribution >= 0.6 is 0 Å². The number of nitrogens with zero attached hydrogens (tertiary/aromatic N) is 1. The molecule has 0 saturated carbocycles. The predicted octanol–water partition coefficient (Wildman–Crippen LogP) is 0.754. The van der Waals surface area contributed by atoms with Gasteiger partial charge >= 0.3 is 5.91 Å². The van der Waals surface area contributed by atoms with Gasteiger partial charge in [-0.1, -0.05) is 12.2 Å². The first-order valence-corrected chi connectivity index (χ1v) is 3.64. The average molecular weight is 201 g/mol. The first-order chi connectivity index (χ1) is 6.63. The van der Waals surface area contributed by atoms with Crippen LogP contribution in [0.2, 0.25) is 0 Å². The van der Waals surface area contributed by atoms with Crippen molar-refractivity contribution in [1.82, 2.24) is 0 Å². The van der Waals surface area contributed by atoms with Gasteiger partial charge in [0, 0.05) is 0 Å². The highest BCUT2D eigenvalue weighted by Crippen LogP contribution is 1.99. The molecule has 0 aromatic carbocycles. The highest BCUT2D eigenvalue weighted by atomic mass is 17.2. The molecule has 78 valence electrons. The molecule has 0 unspecified atom stereocenters. The van der Waals surface area contributed by atoms with Gasteiger partial charge < -0.3 is 15.7 Å². The first kappa shape index (κ1) is 12.1. The van der Waals surface area contributed by atoms with Crippen LogP contribution in [0.25, 0.3) is 0 Å². The SMILES string of the molecule is C/C=C/COO/C(N)=C(/O)C(=O)N=N. The van der Waals surface area contributed by atoms with Crippen LogP contribution in [0.4, 0.5) is 0 Å². The Balaban J connectivity index is 4.10. The van der Waals surface area contributed by atoms with Crippen molar-refractivity contribution in [3.8, 4) is 0 Å². The van der Waals surface area contributed by atoms with E-state index in [4.69, 9.17) is 16.4 Å². The van der Waals surface area contributed by atoms with Gasteiger partial charge in [0.1, 0.15) is 6.61 Å². The lowest BCUT2D eigenvalue weighted by atomic mass is 10.5. The number of aliphatic hydroxyl groups excluding tert-OH is 1. The van der Waals surface area contributed by atoms with E-state index in [1.165, 1.54) is 0 Å². The van der Waals surface area contributed by atoms with Crippen molar-refractivity contribution in [2.24, 2.45) is 10.8 Å². The monoisotopic (exact) mass is 201 g/mol. The predicted molar refractivity (Wildman–Crippen MR) is 45.8 cm³/mol. The molecular formula is C7H11N3O4. The fraction of sp³-hybridized carbons (Fsp3) is 0.286. The molecule has 0 radical (unpaired) electrons. The van der Waals surface area contributed by atoms with Crippen LogP contribution in [0.3, 0.4) is 0 Å². The number of aliphatic hydroxyl groups is 1. The second-order valence-electron chi connectivity index (χ2n) is 2.07. The summed E-state index contributed by atoms with van der Waals surface area (Å²) in [6, 6.07) is 0. The highest BCUT2D eigenvalue weighted by molar-refractivity contribution is 5.91. The number of amides is 1. The molecule has 7 nitrogen and oxygen atoms in total. The third kappa shape index (κ3) is 4.21. The summed E-state index contributed by atoms with van der Waals surface area (Å²) in [6.07, 6.45) is 3.34. The minimum atomic E-state index is -1.20.